The lowest BCUT2D eigenvalue weighted by molar-refractivity contribution is -0.0159. The van der Waals surface area contributed by atoms with Gasteiger partial charge in [0.2, 0.25) is 0 Å². The first-order valence-corrected chi connectivity index (χ1v) is 7.65. The van der Waals surface area contributed by atoms with Crippen LogP contribution in [0.2, 0.25) is 0 Å². The SMILES string of the molecule is CC(C)(C)OC(=O)N1CCC2(CC(c3ccccc3)=NO2)C1. The van der Waals surface area contributed by atoms with Crippen LogP contribution in [0.1, 0.15) is 39.2 Å². The van der Waals surface area contributed by atoms with E-state index in [1.165, 1.54) is 0 Å². The average molecular weight is 302 g/mol. The van der Waals surface area contributed by atoms with Gasteiger partial charge in [0.25, 0.3) is 0 Å². The van der Waals surface area contributed by atoms with E-state index in [0.29, 0.717) is 13.1 Å². The Hall–Kier alpha value is -2.04. The van der Waals surface area contributed by atoms with E-state index < -0.39 is 5.60 Å². The molecule has 2 aliphatic heterocycles. The summed E-state index contributed by atoms with van der Waals surface area (Å²) in [4.78, 5) is 19.6. The van der Waals surface area contributed by atoms with Gasteiger partial charge in [-0.2, -0.15) is 0 Å². The average Bonchev–Trinajstić information content (AvgIpc) is 3.06. The molecule has 1 amide bonds. The van der Waals surface area contributed by atoms with Gasteiger partial charge in [0.15, 0.2) is 5.60 Å². The van der Waals surface area contributed by atoms with Gasteiger partial charge in [0, 0.05) is 19.4 Å². The Morgan fingerprint density at radius 2 is 2.05 bits per heavy atom. The molecule has 1 spiro atoms. The van der Waals surface area contributed by atoms with E-state index in [9.17, 15) is 4.79 Å². The van der Waals surface area contributed by atoms with E-state index in [4.69, 9.17) is 9.57 Å². The minimum Gasteiger partial charge on any atom is -0.444 e. The third-order valence-electron chi connectivity index (χ3n) is 3.91. The normalized spacial score (nSPS) is 24.3. The van der Waals surface area contributed by atoms with Gasteiger partial charge in [0.1, 0.15) is 5.60 Å². The second-order valence-electron chi connectivity index (χ2n) is 7.01. The smallest absolute Gasteiger partial charge is 0.410 e. The zero-order valence-electron chi connectivity index (χ0n) is 13.3. The monoisotopic (exact) mass is 302 g/mol. The van der Waals surface area contributed by atoms with Crippen molar-refractivity contribution in [3.63, 3.8) is 0 Å². The van der Waals surface area contributed by atoms with Gasteiger partial charge in [-0.25, -0.2) is 4.79 Å². The molecule has 118 valence electrons. The molecule has 2 aliphatic rings. The lowest BCUT2D eigenvalue weighted by atomic mass is 9.93. The maximum absolute atomic E-state index is 12.2. The number of benzene rings is 1. The molecule has 1 unspecified atom stereocenters. The third kappa shape index (κ3) is 3.08. The van der Waals surface area contributed by atoms with E-state index >= 15 is 0 Å². The Bertz CT molecular complexity index is 592. The van der Waals surface area contributed by atoms with E-state index in [-0.39, 0.29) is 11.7 Å². The second kappa shape index (κ2) is 5.30. The predicted octanol–water partition coefficient (Wildman–Crippen LogP) is 3.19. The Morgan fingerprint density at radius 3 is 2.73 bits per heavy atom. The summed E-state index contributed by atoms with van der Waals surface area (Å²) in [6.07, 6.45) is 1.24. The van der Waals surface area contributed by atoms with E-state index in [1.807, 2.05) is 51.1 Å². The number of carbonyl (C=O) groups is 1. The summed E-state index contributed by atoms with van der Waals surface area (Å²) >= 11 is 0. The third-order valence-corrected chi connectivity index (χ3v) is 3.91. The summed E-state index contributed by atoms with van der Waals surface area (Å²) in [5.74, 6) is 0. The Morgan fingerprint density at radius 1 is 1.32 bits per heavy atom. The highest BCUT2D eigenvalue weighted by molar-refractivity contribution is 6.01. The minimum absolute atomic E-state index is 0.277. The fraction of sp³-hybridized carbons (Fsp3) is 0.529. The Kier molecular flexibility index (Phi) is 3.59. The molecule has 1 atom stereocenters. The molecule has 0 aliphatic carbocycles. The summed E-state index contributed by atoms with van der Waals surface area (Å²) in [5.41, 5.74) is 1.17. The molecule has 2 heterocycles. The molecule has 1 fully saturated rings. The molecule has 0 aromatic heterocycles. The van der Waals surface area contributed by atoms with Crippen LogP contribution in [0.4, 0.5) is 4.79 Å². The number of amides is 1. The molecule has 1 aromatic carbocycles. The highest BCUT2D eigenvalue weighted by Crippen LogP contribution is 2.35. The fourth-order valence-corrected chi connectivity index (χ4v) is 2.85. The van der Waals surface area contributed by atoms with Crippen LogP contribution >= 0.6 is 0 Å². The summed E-state index contributed by atoms with van der Waals surface area (Å²) in [6.45, 7) is 6.80. The van der Waals surface area contributed by atoms with Gasteiger partial charge in [-0.05, 0) is 26.3 Å². The molecule has 0 bridgehead atoms. The lowest BCUT2D eigenvalue weighted by Crippen LogP contribution is -2.39. The van der Waals surface area contributed by atoms with Crippen LogP contribution in [-0.2, 0) is 9.57 Å². The van der Waals surface area contributed by atoms with Crippen molar-refractivity contribution in [3.8, 4) is 0 Å². The summed E-state index contributed by atoms with van der Waals surface area (Å²) in [7, 11) is 0. The standard InChI is InChI=1S/C17H22N2O3/c1-16(2,3)21-15(20)19-10-9-17(12-19)11-14(18-22-17)13-7-5-4-6-8-13/h4-8H,9-12H2,1-3H3. The van der Waals surface area contributed by atoms with Crippen LogP contribution in [0.3, 0.4) is 0 Å². The molecule has 5 nitrogen and oxygen atoms in total. The molecule has 1 aromatic rings. The van der Waals surface area contributed by atoms with Gasteiger partial charge in [-0.3, -0.25) is 0 Å². The number of oxime groups is 1. The topological polar surface area (TPSA) is 51.1 Å². The molecule has 1 saturated heterocycles. The fourth-order valence-electron chi connectivity index (χ4n) is 2.85. The zero-order chi connectivity index (χ0) is 15.8. The second-order valence-corrected chi connectivity index (χ2v) is 7.01. The lowest BCUT2D eigenvalue weighted by Gasteiger charge is -2.25. The van der Waals surface area contributed by atoms with Crippen LogP contribution in [0.5, 0.6) is 0 Å². The number of hydrogen-bond donors (Lipinski definition) is 0. The molecule has 3 rings (SSSR count). The summed E-state index contributed by atoms with van der Waals surface area (Å²) in [6, 6.07) is 10.0. The molecular weight excluding hydrogens is 280 g/mol. The van der Waals surface area contributed by atoms with Crippen LogP contribution in [-0.4, -0.2) is 41.0 Å². The molecule has 0 saturated carbocycles. The number of rotatable bonds is 1. The van der Waals surface area contributed by atoms with Gasteiger partial charge < -0.3 is 14.5 Å². The van der Waals surface area contributed by atoms with Crippen LogP contribution in [0.25, 0.3) is 0 Å². The largest absolute Gasteiger partial charge is 0.444 e. The first-order valence-electron chi connectivity index (χ1n) is 7.65. The number of likely N-dealkylation sites (tertiary alicyclic amines) is 1. The van der Waals surface area contributed by atoms with Crippen molar-refractivity contribution in [1.82, 2.24) is 4.90 Å². The van der Waals surface area contributed by atoms with E-state index in [1.54, 1.807) is 4.90 Å². The van der Waals surface area contributed by atoms with Crippen molar-refractivity contribution < 1.29 is 14.4 Å². The molecule has 0 N–H and O–H groups in total. The van der Waals surface area contributed by atoms with Gasteiger partial charge >= 0.3 is 6.09 Å². The maximum atomic E-state index is 12.2. The number of ether oxygens (including phenoxy) is 1. The first kappa shape index (κ1) is 14.9. The molecule has 5 heteroatoms. The van der Waals surface area contributed by atoms with Crippen molar-refractivity contribution in [2.75, 3.05) is 13.1 Å². The summed E-state index contributed by atoms with van der Waals surface area (Å²) in [5, 5.41) is 4.25. The van der Waals surface area contributed by atoms with Gasteiger partial charge in [-0.15, -0.1) is 0 Å². The predicted molar refractivity (Wildman–Crippen MR) is 83.8 cm³/mol. The van der Waals surface area contributed by atoms with E-state index in [0.717, 1.165) is 24.1 Å². The quantitative estimate of drug-likeness (QED) is 0.800. The zero-order valence-corrected chi connectivity index (χ0v) is 13.3. The number of nitrogens with zero attached hydrogens (tertiary/aromatic N) is 2. The highest BCUT2D eigenvalue weighted by Gasteiger charge is 2.47. The van der Waals surface area contributed by atoms with Crippen molar-refractivity contribution in [3.05, 3.63) is 35.9 Å². The maximum Gasteiger partial charge on any atom is 0.410 e. The Labute approximate surface area is 130 Å². The van der Waals surface area contributed by atoms with E-state index in [2.05, 4.69) is 5.16 Å². The van der Waals surface area contributed by atoms with Crippen molar-refractivity contribution in [2.45, 2.75) is 44.8 Å². The van der Waals surface area contributed by atoms with Crippen molar-refractivity contribution >= 4 is 11.8 Å². The van der Waals surface area contributed by atoms with Crippen LogP contribution in [0, 0.1) is 0 Å². The number of carbonyl (C=O) groups excluding carboxylic acids is 1. The van der Waals surface area contributed by atoms with Crippen LogP contribution < -0.4 is 0 Å². The highest BCUT2D eigenvalue weighted by atomic mass is 16.7. The van der Waals surface area contributed by atoms with Gasteiger partial charge in [-0.1, -0.05) is 35.5 Å². The van der Waals surface area contributed by atoms with Crippen molar-refractivity contribution in [1.29, 1.82) is 0 Å². The molecular formula is C17H22N2O3. The minimum atomic E-state index is -0.477. The molecule has 22 heavy (non-hydrogen) atoms. The number of hydrogen-bond acceptors (Lipinski definition) is 4. The van der Waals surface area contributed by atoms with Gasteiger partial charge in [0.05, 0.1) is 12.3 Å². The van der Waals surface area contributed by atoms with Crippen molar-refractivity contribution in [2.24, 2.45) is 5.16 Å². The first-order chi connectivity index (χ1) is 10.4. The molecule has 0 radical (unpaired) electrons. The van der Waals surface area contributed by atoms with Crippen LogP contribution in [0.15, 0.2) is 35.5 Å². The Balaban J connectivity index is 1.63. The summed E-state index contributed by atoms with van der Waals surface area (Å²) < 4.78 is 5.43.